The van der Waals surface area contributed by atoms with Gasteiger partial charge >= 0.3 is 5.97 Å². The molecule has 9 heteroatoms. The van der Waals surface area contributed by atoms with Crippen LogP contribution in [0.25, 0.3) is 0 Å². The largest absolute Gasteiger partial charge is 0.477 e. The molecule has 2 rings (SSSR count). The van der Waals surface area contributed by atoms with Crippen molar-refractivity contribution in [3.05, 3.63) is 31.2 Å². The molecule has 0 bridgehead atoms. The summed E-state index contributed by atoms with van der Waals surface area (Å²) in [5.41, 5.74) is 0.531. The van der Waals surface area contributed by atoms with E-state index in [9.17, 15) is 13.2 Å². The van der Waals surface area contributed by atoms with Gasteiger partial charge in [-0.1, -0.05) is 0 Å². The zero-order valence-electron chi connectivity index (χ0n) is 10.4. The van der Waals surface area contributed by atoms with Crippen LogP contribution in [0.2, 0.25) is 0 Å². The Labute approximate surface area is 132 Å². The Bertz CT molecular complexity index is 776. The molecule has 0 aliphatic rings. The molecular formula is C11H10BrNO4S3. The minimum atomic E-state index is -3.70. The van der Waals surface area contributed by atoms with Crippen molar-refractivity contribution in [3.63, 3.8) is 0 Å². The second-order valence-corrected chi connectivity index (χ2v) is 9.34. The van der Waals surface area contributed by atoms with Crippen LogP contribution in [-0.2, 0) is 10.0 Å². The van der Waals surface area contributed by atoms with Crippen LogP contribution in [0.1, 0.15) is 20.1 Å². The summed E-state index contributed by atoms with van der Waals surface area (Å²) in [6.07, 6.45) is 0. The molecule has 5 nitrogen and oxygen atoms in total. The molecule has 0 atom stereocenters. The maximum absolute atomic E-state index is 12.3. The highest BCUT2D eigenvalue weighted by Gasteiger charge is 2.22. The molecule has 0 aliphatic heterocycles. The third kappa shape index (κ3) is 3.05. The molecule has 0 fully saturated rings. The van der Waals surface area contributed by atoms with Crippen molar-refractivity contribution < 1.29 is 18.3 Å². The third-order valence-electron chi connectivity index (χ3n) is 2.48. The number of halogens is 1. The summed E-state index contributed by atoms with van der Waals surface area (Å²) in [7, 11) is -3.70. The monoisotopic (exact) mass is 395 g/mol. The number of hydrogen-bond donors (Lipinski definition) is 2. The summed E-state index contributed by atoms with van der Waals surface area (Å²) in [5, 5.41) is 9.26. The second-order valence-electron chi connectivity index (χ2n) is 4.00. The molecule has 2 heterocycles. The quantitative estimate of drug-likeness (QED) is 0.826. The molecule has 0 amide bonds. The number of aromatic carboxylic acids is 1. The van der Waals surface area contributed by atoms with Gasteiger partial charge in [0.1, 0.15) is 14.8 Å². The lowest BCUT2D eigenvalue weighted by Crippen LogP contribution is -2.12. The lowest BCUT2D eigenvalue weighted by Gasteiger charge is -2.04. The normalized spacial score (nSPS) is 11.6. The Balaban J connectivity index is 2.36. The van der Waals surface area contributed by atoms with E-state index >= 15 is 0 Å². The molecule has 2 aromatic rings. The fourth-order valence-corrected chi connectivity index (χ4v) is 6.24. The van der Waals surface area contributed by atoms with E-state index in [-0.39, 0.29) is 9.77 Å². The van der Waals surface area contributed by atoms with Gasteiger partial charge in [0.2, 0.25) is 0 Å². The zero-order valence-corrected chi connectivity index (χ0v) is 14.5. The van der Waals surface area contributed by atoms with Gasteiger partial charge in [0.15, 0.2) is 0 Å². The van der Waals surface area contributed by atoms with Gasteiger partial charge in [0.05, 0.1) is 3.79 Å². The second kappa shape index (κ2) is 5.47. The highest BCUT2D eigenvalue weighted by atomic mass is 79.9. The summed E-state index contributed by atoms with van der Waals surface area (Å²) in [6, 6.07) is 3.04. The van der Waals surface area contributed by atoms with E-state index in [4.69, 9.17) is 5.11 Å². The summed E-state index contributed by atoms with van der Waals surface area (Å²) in [5.74, 6) is -1.06. The number of carboxylic acids is 1. The van der Waals surface area contributed by atoms with Crippen molar-refractivity contribution in [2.45, 2.75) is 18.7 Å². The molecule has 2 aromatic heterocycles. The number of carbonyl (C=O) groups is 1. The van der Waals surface area contributed by atoms with Crippen LogP contribution in [0.15, 0.2) is 20.8 Å². The maximum Gasteiger partial charge on any atom is 0.346 e. The molecule has 20 heavy (non-hydrogen) atoms. The molecule has 0 aromatic carbocycles. The summed E-state index contributed by atoms with van der Waals surface area (Å²) >= 11 is 5.48. The predicted molar refractivity (Wildman–Crippen MR) is 83.6 cm³/mol. The molecule has 0 saturated heterocycles. The molecule has 0 saturated carbocycles. The van der Waals surface area contributed by atoms with Crippen LogP contribution in [0.4, 0.5) is 5.00 Å². The first-order valence-corrected chi connectivity index (χ1v) is 9.24. The Morgan fingerprint density at radius 3 is 2.40 bits per heavy atom. The number of thiophene rings is 2. The predicted octanol–water partition coefficient (Wildman–Crippen LogP) is 3.69. The SMILES string of the molecule is Cc1cc(NS(=O)(=O)c2cc(Br)sc2C)sc1C(=O)O. The van der Waals surface area contributed by atoms with Crippen LogP contribution in [0.5, 0.6) is 0 Å². The van der Waals surface area contributed by atoms with Crippen LogP contribution in [-0.4, -0.2) is 19.5 Å². The number of nitrogens with one attached hydrogen (secondary N) is 1. The average Bonchev–Trinajstić information content (AvgIpc) is 2.81. The highest BCUT2D eigenvalue weighted by Crippen LogP contribution is 2.33. The van der Waals surface area contributed by atoms with Crippen LogP contribution in [0, 0.1) is 13.8 Å². The Morgan fingerprint density at radius 2 is 1.95 bits per heavy atom. The van der Waals surface area contributed by atoms with E-state index in [1.165, 1.54) is 23.5 Å². The fraction of sp³-hybridized carbons (Fsp3) is 0.182. The first kappa shape index (κ1) is 15.5. The standard InChI is InChI=1S/C11H10BrNO4S3/c1-5-3-9(19-10(5)11(14)15)13-20(16,17)7-4-8(12)18-6(7)2/h3-4,13H,1-2H3,(H,14,15). The van der Waals surface area contributed by atoms with Crippen molar-refractivity contribution in [3.8, 4) is 0 Å². The van der Waals surface area contributed by atoms with E-state index in [0.717, 1.165) is 15.1 Å². The van der Waals surface area contributed by atoms with Gasteiger partial charge in [0, 0.05) is 4.88 Å². The number of hydrogen-bond acceptors (Lipinski definition) is 5. The number of rotatable bonds is 4. The number of sulfonamides is 1. The molecule has 2 N–H and O–H groups in total. The van der Waals surface area contributed by atoms with Gasteiger partial charge in [0.25, 0.3) is 10.0 Å². The lowest BCUT2D eigenvalue weighted by molar-refractivity contribution is 0.0701. The molecular weight excluding hydrogens is 386 g/mol. The van der Waals surface area contributed by atoms with Crippen LogP contribution >= 0.6 is 38.6 Å². The third-order valence-corrected chi connectivity index (χ3v) is 6.92. The minimum absolute atomic E-state index is 0.130. The van der Waals surface area contributed by atoms with Crippen molar-refractivity contribution in [1.29, 1.82) is 0 Å². The Kier molecular flexibility index (Phi) is 4.24. The lowest BCUT2D eigenvalue weighted by atomic mass is 10.3. The molecule has 108 valence electrons. The summed E-state index contributed by atoms with van der Waals surface area (Å²) in [6.45, 7) is 3.34. The van der Waals surface area contributed by atoms with Gasteiger partial charge in [-0.05, 0) is 47.5 Å². The topological polar surface area (TPSA) is 83.5 Å². The number of anilines is 1. The number of aryl methyl sites for hydroxylation is 2. The summed E-state index contributed by atoms with van der Waals surface area (Å²) in [4.78, 5) is 11.9. The van der Waals surface area contributed by atoms with E-state index in [2.05, 4.69) is 20.7 Å². The number of carboxylic acid groups (broad SMARTS) is 1. The smallest absolute Gasteiger partial charge is 0.346 e. The first-order chi connectivity index (χ1) is 9.20. The molecule has 0 radical (unpaired) electrons. The summed E-state index contributed by atoms with van der Waals surface area (Å²) < 4.78 is 27.7. The Morgan fingerprint density at radius 1 is 1.30 bits per heavy atom. The zero-order chi connectivity index (χ0) is 15.1. The highest BCUT2D eigenvalue weighted by molar-refractivity contribution is 9.11. The van der Waals surface area contributed by atoms with Crippen molar-refractivity contribution in [2.24, 2.45) is 0 Å². The van der Waals surface area contributed by atoms with E-state index in [0.29, 0.717) is 15.4 Å². The van der Waals surface area contributed by atoms with Crippen molar-refractivity contribution in [1.82, 2.24) is 0 Å². The van der Waals surface area contributed by atoms with E-state index in [1.54, 1.807) is 13.8 Å². The molecule has 0 unspecified atom stereocenters. The minimum Gasteiger partial charge on any atom is -0.477 e. The van der Waals surface area contributed by atoms with E-state index < -0.39 is 16.0 Å². The van der Waals surface area contributed by atoms with Crippen molar-refractivity contribution in [2.75, 3.05) is 4.72 Å². The van der Waals surface area contributed by atoms with Crippen molar-refractivity contribution >= 4 is 59.6 Å². The maximum atomic E-state index is 12.3. The van der Waals surface area contributed by atoms with Gasteiger partial charge in [-0.25, -0.2) is 13.2 Å². The van der Waals surface area contributed by atoms with Crippen LogP contribution in [0.3, 0.4) is 0 Å². The van der Waals surface area contributed by atoms with Gasteiger partial charge in [-0.15, -0.1) is 22.7 Å². The van der Waals surface area contributed by atoms with Gasteiger partial charge in [-0.3, -0.25) is 4.72 Å². The molecule has 0 spiro atoms. The van der Waals surface area contributed by atoms with E-state index in [1.807, 2.05) is 0 Å². The average molecular weight is 396 g/mol. The van der Waals surface area contributed by atoms with Crippen LogP contribution < -0.4 is 4.72 Å². The van der Waals surface area contributed by atoms with Gasteiger partial charge in [-0.2, -0.15) is 0 Å². The molecule has 0 aliphatic carbocycles. The fourth-order valence-electron chi connectivity index (χ4n) is 1.63. The first-order valence-electron chi connectivity index (χ1n) is 5.33. The Hall–Kier alpha value is -0.900. The van der Waals surface area contributed by atoms with Gasteiger partial charge < -0.3 is 5.11 Å².